The molecule has 0 unspecified atom stereocenters. The van der Waals surface area contributed by atoms with E-state index in [1.807, 2.05) is 17.0 Å². The number of anilines is 1. The molecule has 5 heteroatoms. The van der Waals surface area contributed by atoms with Gasteiger partial charge in [-0.25, -0.2) is 0 Å². The van der Waals surface area contributed by atoms with Crippen LogP contribution in [0.4, 0.5) is 5.69 Å². The Morgan fingerprint density at radius 1 is 1.05 bits per heavy atom. The molecule has 0 bridgehead atoms. The zero-order chi connectivity index (χ0) is 14.9. The molecule has 1 aliphatic carbocycles. The number of phenolic OH excluding ortho intramolecular Hbond substituents is 1. The summed E-state index contributed by atoms with van der Waals surface area (Å²) in [5, 5.41) is 9.33. The number of benzene rings is 1. The number of nitrogens with zero attached hydrogens (tertiary/aromatic N) is 2. The van der Waals surface area contributed by atoms with Crippen LogP contribution in [0.25, 0.3) is 0 Å². The molecule has 1 heterocycles. The predicted molar refractivity (Wildman–Crippen MR) is 82.3 cm³/mol. The lowest BCUT2D eigenvalue weighted by molar-refractivity contribution is -0.137. The Balaban J connectivity index is 1.60. The molecule has 114 valence electrons. The van der Waals surface area contributed by atoms with Crippen molar-refractivity contribution >= 4 is 11.6 Å². The number of piperazine rings is 1. The van der Waals surface area contributed by atoms with Crippen molar-refractivity contribution < 1.29 is 9.90 Å². The number of carbonyl (C=O) groups is 1. The molecule has 0 spiro atoms. The van der Waals surface area contributed by atoms with E-state index >= 15 is 0 Å². The van der Waals surface area contributed by atoms with Gasteiger partial charge in [0.2, 0.25) is 5.91 Å². The van der Waals surface area contributed by atoms with Crippen LogP contribution in [0.3, 0.4) is 0 Å². The molecule has 1 aliphatic heterocycles. The standard InChI is InChI=1S/C16H23N3O2/c17-16(7-1-2-8-16)15(21)19-11-9-18(10-12-19)13-3-5-14(20)6-4-13/h3-6,20H,1-2,7-12,17H2. The molecular formula is C16H23N3O2. The second-order valence-electron chi connectivity index (χ2n) is 6.16. The van der Waals surface area contributed by atoms with E-state index in [1.54, 1.807) is 12.1 Å². The smallest absolute Gasteiger partial charge is 0.242 e. The first-order valence-corrected chi connectivity index (χ1v) is 7.71. The van der Waals surface area contributed by atoms with E-state index in [2.05, 4.69) is 4.90 Å². The lowest BCUT2D eigenvalue weighted by atomic mass is 9.97. The molecule has 0 aromatic heterocycles. The van der Waals surface area contributed by atoms with Gasteiger partial charge in [0.05, 0.1) is 5.54 Å². The van der Waals surface area contributed by atoms with Crippen LogP contribution in [0, 0.1) is 0 Å². The monoisotopic (exact) mass is 289 g/mol. The van der Waals surface area contributed by atoms with Crippen molar-refractivity contribution in [2.24, 2.45) is 5.73 Å². The first-order chi connectivity index (χ1) is 10.1. The normalized spacial score (nSPS) is 21.6. The van der Waals surface area contributed by atoms with Crippen molar-refractivity contribution in [1.82, 2.24) is 4.90 Å². The van der Waals surface area contributed by atoms with Crippen LogP contribution in [0.2, 0.25) is 0 Å². The highest BCUT2D eigenvalue weighted by molar-refractivity contribution is 5.86. The number of carbonyl (C=O) groups excluding carboxylic acids is 1. The van der Waals surface area contributed by atoms with Gasteiger partial charge in [0.15, 0.2) is 0 Å². The van der Waals surface area contributed by atoms with Crippen LogP contribution in [0.15, 0.2) is 24.3 Å². The highest BCUT2D eigenvalue weighted by Gasteiger charge is 2.40. The highest BCUT2D eigenvalue weighted by Crippen LogP contribution is 2.29. The molecule has 3 N–H and O–H groups in total. The Labute approximate surface area is 125 Å². The van der Waals surface area contributed by atoms with Gasteiger partial charge in [-0.2, -0.15) is 0 Å². The SMILES string of the molecule is NC1(C(=O)N2CCN(c3ccc(O)cc3)CC2)CCCC1. The van der Waals surface area contributed by atoms with E-state index < -0.39 is 5.54 Å². The Morgan fingerprint density at radius 2 is 1.62 bits per heavy atom. The molecule has 3 rings (SSSR count). The Morgan fingerprint density at radius 3 is 2.19 bits per heavy atom. The van der Waals surface area contributed by atoms with E-state index in [1.165, 1.54) is 0 Å². The quantitative estimate of drug-likeness (QED) is 0.861. The minimum Gasteiger partial charge on any atom is -0.508 e. The van der Waals surface area contributed by atoms with Crippen molar-refractivity contribution in [3.05, 3.63) is 24.3 Å². The van der Waals surface area contributed by atoms with Crippen LogP contribution in [0.1, 0.15) is 25.7 Å². The maximum atomic E-state index is 12.6. The van der Waals surface area contributed by atoms with Crippen LogP contribution in [-0.2, 0) is 4.79 Å². The summed E-state index contributed by atoms with van der Waals surface area (Å²) in [6.45, 7) is 3.07. The maximum absolute atomic E-state index is 12.6. The average Bonchev–Trinajstić information content (AvgIpc) is 2.96. The second-order valence-corrected chi connectivity index (χ2v) is 6.16. The van der Waals surface area contributed by atoms with Crippen molar-refractivity contribution in [2.45, 2.75) is 31.2 Å². The average molecular weight is 289 g/mol. The number of phenols is 1. The summed E-state index contributed by atoms with van der Waals surface area (Å²) in [6.07, 6.45) is 3.78. The molecule has 1 amide bonds. The fourth-order valence-electron chi connectivity index (χ4n) is 3.37. The van der Waals surface area contributed by atoms with Crippen molar-refractivity contribution in [2.75, 3.05) is 31.1 Å². The molecule has 0 atom stereocenters. The minimum absolute atomic E-state index is 0.130. The number of aromatic hydroxyl groups is 1. The van der Waals surface area contributed by atoms with Crippen molar-refractivity contribution in [1.29, 1.82) is 0 Å². The van der Waals surface area contributed by atoms with Gasteiger partial charge in [0.25, 0.3) is 0 Å². The fourth-order valence-corrected chi connectivity index (χ4v) is 3.37. The van der Waals surface area contributed by atoms with E-state index in [4.69, 9.17) is 5.73 Å². The number of hydrogen-bond donors (Lipinski definition) is 2. The topological polar surface area (TPSA) is 69.8 Å². The third-order valence-electron chi connectivity index (χ3n) is 4.70. The van der Waals surface area contributed by atoms with Gasteiger partial charge in [-0.15, -0.1) is 0 Å². The van der Waals surface area contributed by atoms with E-state index in [0.717, 1.165) is 57.5 Å². The van der Waals surface area contributed by atoms with Crippen molar-refractivity contribution in [3.63, 3.8) is 0 Å². The summed E-state index contributed by atoms with van der Waals surface area (Å²) >= 11 is 0. The lowest BCUT2D eigenvalue weighted by Gasteiger charge is -2.39. The van der Waals surface area contributed by atoms with Gasteiger partial charge < -0.3 is 20.6 Å². The summed E-state index contributed by atoms with van der Waals surface area (Å²) in [5.41, 5.74) is 6.74. The molecule has 2 aliphatic rings. The molecule has 21 heavy (non-hydrogen) atoms. The van der Waals surface area contributed by atoms with Gasteiger partial charge in [0, 0.05) is 31.9 Å². The third kappa shape index (κ3) is 2.83. The summed E-state index contributed by atoms with van der Waals surface area (Å²) in [6, 6.07) is 7.21. The summed E-state index contributed by atoms with van der Waals surface area (Å²) in [7, 11) is 0. The zero-order valence-corrected chi connectivity index (χ0v) is 12.3. The Hall–Kier alpha value is -1.75. The minimum atomic E-state index is -0.610. The molecule has 5 nitrogen and oxygen atoms in total. The largest absolute Gasteiger partial charge is 0.508 e. The van der Waals surface area contributed by atoms with E-state index in [0.29, 0.717) is 0 Å². The van der Waals surface area contributed by atoms with Gasteiger partial charge in [-0.05, 0) is 37.1 Å². The van der Waals surface area contributed by atoms with E-state index in [9.17, 15) is 9.90 Å². The molecule has 1 aromatic rings. The number of hydrogen-bond acceptors (Lipinski definition) is 4. The highest BCUT2D eigenvalue weighted by atomic mass is 16.3. The summed E-state index contributed by atoms with van der Waals surface area (Å²) in [4.78, 5) is 16.7. The van der Waals surface area contributed by atoms with Gasteiger partial charge in [-0.1, -0.05) is 12.8 Å². The molecule has 1 aromatic carbocycles. The van der Waals surface area contributed by atoms with Gasteiger partial charge in [-0.3, -0.25) is 4.79 Å². The van der Waals surface area contributed by atoms with Crippen molar-refractivity contribution in [3.8, 4) is 5.75 Å². The number of rotatable bonds is 2. The van der Waals surface area contributed by atoms with Gasteiger partial charge in [0.1, 0.15) is 5.75 Å². The van der Waals surface area contributed by atoms with Crippen LogP contribution in [-0.4, -0.2) is 47.6 Å². The summed E-state index contributed by atoms with van der Waals surface area (Å²) < 4.78 is 0. The molecule has 2 fully saturated rings. The van der Waals surface area contributed by atoms with Crippen LogP contribution < -0.4 is 10.6 Å². The number of nitrogens with two attached hydrogens (primary N) is 1. The molecule has 1 saturated heterocycles. The Kier molecular flexibility index (Phi) is 3.76. The summed E-state index contributed by atoms with van der Waals surface area (Å²) in [5.74, 6) is 0.407. The maximum Gasteiger partial charge on any atom is 0.242 e. The van der Waals surface area contributed by atoms with Crippen LogP contribution in [0.5, 0.6) is 5.75 Å². The lowest BCUT2D eigenvalue weighted by Crippen LogP contribution is -2.58. The van der Waals surface area contributed by atoms with Crippen LogP contribution >= 0.6 is 0 Å². The first-order valence-electron chi connectivity index (χ1n) is 7.71. The zero-order valence-electron chi connectivity index (χ0n) is 12.3. The second kappa shape index (κ2) is 5.56. The predicted octanol–water partition coefficient (Wildman–Crippen LogP) is 1.31. The van der Waals surface area contributed by atoms with Gasteiger partial charge >= 0.3 is 0 Å². The fraction of sp³-hybridized carbons (Fsp3) is 0.562. The van der Waals surface area contributed by atoms with E-state index in [-0.39, 0.29) is 11.7 Å². The first kappa shape index (κ1) is 14.2. The number of amides is 1. The third-order valence-corrected chi connectivity index (χ3v) is 4.70. The molecule has 1 saturated carbocycles. The molecule has 0 radical (unpaired) electrons. The molecular weight excluding hydrogens is 266 g/mol. The Bertz CT molecular complexity index is 501.